The average Bonchev–Trinajstić information content (AvgIpc) is 3.03. The molecule has 47 heavy (non-hydrogen) atoms. The highest BCUT2D eigenvalue weighted by atomic mass is 32.2. The first kappa shape index (κ1) is 35.6. The molecule has 4 aromatic rings. The summed E-state index contributed by atoms with van der Waals surface area (Å²) in [7, 11) is 0.809. The van der Waals surface area contributed by atoms with Crippen LogP contribution in [0, 0.1) is 13.8 Å². The van der Waals surface area contributed by atoms with Gasteiger partial charge in [-0.2, -0.15) is 13.0 Å². The van der Waals surface area contributed by atoms with Gasteiger partial charge in [0.15, 0.2) is 0 Å². The number of carbonyl (C=O) groups excluding carboxylic acids is 2. The van der Waals surface area contributed by atoms with Crippen LogP contribution in [-0.4, -0.2) is 76.5 Å². The molecule has 1 N–H and O–H groups in total. The summed E-state index contributed by atoms with van der Waals surface area (Å²) in [4.78, 5) is 28.4. The van der Waals surface area contributed by atoms with Crippen LogP contribution in [0.5, 0.6) is 17.2 Å². The third kappa shape index (κ3) is 8.76. The van der Waals surface area contributed by atoms with Crippen LogP contribution >= 0.6 is 0 Å². The summed E-state index contributed by atoms with van der Waals surface area (Å²) in [6, 6.07) is 14.6. The maximum atomic E-state index is 14.2. The van der Waals surface area contributed by atoms with Crippen molar-refractivity contribution in [1.29, 1.82) is 0 Å². The van der Waals surface area contributed by atoms with Gasteiger partial charge in [-0.1, -0.05) is 6.92 Å². The van der Waals surface area contributed by atoms with Crippen molar-refractivity contribution in [2.75, 3.05) is 46.7 Å². The summed E-state index contributed by atoms with van der Waals surface area (Å²) in [6.45, 7) is 7.96. The Morgan fingerprint density at radius 1 is 0.872 bits per heavy atom. The number of benzene rings is 3. The van der Waals surface area contributed by atoms with Crippen LogP contribution in [0.2, 0.25) is 0 Å². The molecule has 0 aliphatic heterocycles. The number of hydrogen-bond acceptors (Lipinski definition) is 9. The van der Waals surface area contributed by atoms with E-state index in [9.17, 15) is 18.0 Å². The number of esters is 2. The molecule has 0 bridgehead atoms. The zero-order valence-corrected chi connectivity index (χ0v) is 28.6. The second-order valence-corrected chi connectivity index (χ2v) is 13.1. The van der Waals surface area contributed by atoms with Gasteiger partial charge in [0.25, 0.3) is 10.1 Å². The number of fused-ring (bicyclic) bond motifs is 2. The fourth-order valence-electron chi connectivity index (χ4n) is 5.72. The number of hydrogen-bond donors (Lipinski definition) is 1. The normalized spacial score (nSPS) is 11.7. The van der Waals surface area contributed by atoms with E-state index in [4.69, 9.17) is 23.5 Å². The van der Waals surface area contributed by atoms with E-state index in [1.54, 1.807) is 33.1 Å². The molecule has 0 radical (unpaired) electrons. The van der Waals surface area contributed by atoms with E-state index < -0.39 is 22.1 Å². The summed E-state index contributed by atoms with van der Waals surface area (Å²) in [5.74, 6) is 0.241. The van der Waals surface area contributed by atoms with E-state index in [1.807, 2.05) is 48.3 Å². The van der Waals surface area contributed by atoms with Crippen molar-refractivity contribution in [2.24, 2.45) is 0 Å². The minimum atomic E-state index is -3.97. The predicted molar refractivity (Wildman–Crippen MR) is 179 cm³/mol. The molecule has 4 rings (SSSR count). The average molecular weight is 668 g/mol. The number of nitrogens with zero attached hydrogens (tertiary/aromatic N) is 2. The highest BCUT2D eigenvalue weighted by molar-refractivity contribution is 7.85. The Balaban J connectivity index is 1.71. The van der Waals surface area contributed by atoms with Gasteiger partial charge in [-0.3, -0.25) is 4.55 Å². The first-order valence-corrected chi connectivity index (χ1v) is 17.1. The molecule has 0 amide bonds. The molecule has 0 spiro atoms. The Labute approximate surface area is 275 Å². The SMILES string of the molecule is CCC[n+]1c2ccc(OC)cc2c(C(=O)Oc2c(C)cc(C(=O)OC)cc2C)c2cc(OCCCN(C)CCCS(=O)(=O)O)ccc21. The zero-order chi connectivity index (χ0) is 34.3. The van der Waals surface area contributed by atoms with Gasteiger partial charge in [0.05, 0.1) is 48.5 Å². The monoisotopic (exact) mass is 667 g/mol. The minimum Gasteiger partial charge on any atom is -0.497 e. The number of pyridine rings is 1. The minimum absolute atomic E-state index is 0.272. The molecule has 1 aromatic heterocycles. The van der Waals surface area contributed by atoms with E-state index in [2.05, 4.69) is 11.5 Å². The quantitative estimate of drug-likeness (QED) is 0.0445. The maximum Gasteiger partial charge on any atom is 0.345 e. The standard InChI is InChI=1S/C35H42N2O9S/c1-7-14-37-30-12-10-26(43-5)21-28(30)32(35(39)46-33-23(2)19-25(20-24(33)3)34(38)44-6)29-22-27(11-13-31(29)37)45-17-8-15-36(4)16-9-18-47(40,41)42/h10-13,19-22H,7-9,14-18H2,1-6H3/p+1. The van der Waals surface area contributed by atoms with Crippen molar-refractivity contribution in [2.45, 2.75) is 46.6 Å². The summed E-state index contributed by atoms with van der Waals surface area (Å²) < 4.78 is 55.7. The number of methoxy groups -OCH3 is 2. The largest absolute Gasteiger partial charge is 0.497 e. The number of ether oxygens (including phenoxy) is 4. The van der Waals surface area contributed by atoms with E-state index in [0.717, 1.165) is 17.5 Å². The summed E-state index contributed by atoms with van der Waals surface area (Å²) >= 11 is 0. The molecule has 0 unspecified atom stereocenters. The molecule has 0 saturated carbocycles. The summed E-state index contributed by atoms with van der Waals surface area (Å²) in [5, 5.41) is 1.32. The van der Waals surface area contributed by atoms with Gasteiger partial charge >= 0.3 is 11.9 Å². The van der Waals surface area contributed by atoms with Crippen molar-refractivity contribution in [3.05, 3.63) is 70.8 Å². The van der Waals surface area contributed by atoms with Gasteiger partial charge in [0, 0.05) is 25.1 Å². The molecule has 0 aliphatic carbocycles. The molecule has 1 heterocycles. The van der Waals surface area contributed by atoms with Gasteiger partial charge in [-0.15, -0.1) is 0 Å². The summed E-state index contributed by atoms with van der Waals surface area (Å²) in [6.07, 6.45) is 1.89. The molecule has 12 heteroatoms. The van der Waals surface area contributed by atoms with Gasteiger partial charge in [0.1, 0.15) is 23.8 Å². The van der Waals surface area contributed by atoms with Crippen molar-refractivity contribution < 1.29 is 46.1 Å². The fraction of sp³-hybridized carbons (Fsp3) is 0.400. The Morgan fingerprint density at radius 2 is 1.47 bits per heavy atom. The molecule has 0 saturated heterocycles. The van der Waals surface area contributed by atoms with Crippen LogP contribution in [0.15, 0.2) is 48.5 Å². The molecule has 3 aromatic carbocycles. The number of carbonyl (C=O) groups is 2. The van der Waals surface area contributed by atoms with E-state index in [0.29, 0.717) is 89.4 Å². The first-order chi connectivity index (χ1) is 22.4. The lowest BCUT2D eigenvalue weighted by Crippen LogP contribution is -2.36. The molecule has 11 nitrogen and oxygen atoms in total. The van der Waals surface area contributed by atoms with Gasteiger partial charge in [0.2, 0.25) is 11.0 Å². The Hall–Kier alpha value is -4.26. The molecule has 0 aliphatic rings. The predicted octanol–water partition coefficient (Wildman–Crippen LogP) is 5.30. The third-order valence-corrected chi connectivity index (χ3v) is 8.72. The van der Waals surface area contributed by atoms with Crippen molar-refractivity contribution in [3.8, 4) is 17.2 Å². The smallest absolute Gasteiger partial charge is 0.345 e. The number of aryl methyl sites for hydroxylation is 3. The zero-order valence-electron chi connectivity index (χ0n) is 27.8. The highest BCUT2D eigenvalue weighted by Crippen LogP contribution is 2.33. The van der Waals surface area contributed by atoms with Gasteiger partial charge < -0.3 is 23.8 Å². The topological polar surface area (TPSA) is 133 Å². The second kappa shape index (κ2) is 15.6. The second-order valence-electron chi connectivity index (χ2n) is 11.6. The highest BCUT2D eigenvalue weighted by Gasteiger charge is 2.27. The summed E-state index contributed by atoms with van der Waals surface area (Å²) in [5.41, 5.74) is 3.67. The third-order valence-electron chi connectivity index (χ3n) is 7.91. The lowest BCUT2D eigenvalue weighted by Gasteiger charge is -2.17. The van der Waals surface area contributed by atoms with Crippen LogP contribution in [0.4, 0.5) is 0 Å². The molecule has 252 valence electrons. The van der Waals surface area contributed by atoms with Crippen LogP contribution in [0.25, 0.3) is 21.8 Å². The fourth-order valence-corrected chi connectivity index (χ4v) is 6.22. The lowest BCUT2D eigenvalue weighted by atomic mass is 10.0. The maximum absolute atomic E-state index is 14.2. The molecule has 0 atom stereocenters. The van der Waals surface area contributed by atoms with Crippen LogP contribution < -0.4 is 18.8 Å². The van der Waals surface area contributed by atoms with Gasteiger partial charge in [-0.05, 0) is 87.8 Å². The Bertz CT molecular complexity index is 1870. The van der Waals surface area contributed by atoms with E-state index >= 15 is 0 Å². The van der Waals surface area contributed by atoms with Crippen LogP contribution in [-0.2, 0) is 21.4 Å². The number of rotatable bonds is 15. The molecular formula is C35H43N2O9S+. The Morgan fingerprint density at radius 3 is 2.04 bits per heavy atom. The van der Waals surface area contributed by atoms with Crippen molar-refractivity contribution in [3.63, 3.8) is 0 Å². The van der Waals surface area contributed by atoms with Crippen molar-refractivity contribution in [1.82, 2.24) is 4.90 Å². The van der Waals surface area contributed by atoms with Crippen LogP contribution in [0.1, 0.15) is 58.0 Å². The molecule has 0 fully saturated rings. The Kier molecular flexibility index (Phi) is 11.8. The number of aromatic nitrogens is 1. The van der Waals surface area contributed by atoms with E-state index in [1.165, 1.54) is 7.11 Å². The first-order valence-electron chi connectivity index (χ1n) is 15.5. The van der Waals surface area contributed by atoms with E-state index in [-0.39, 0.29) is 5.75 Å². The van der Waals surface area contributed by atoms with Gasteiger partial charge in [-0.25, -0.2) is 9.59 Å². The molecular weight excluding hydrogens is 624 g/mol. The lowest BCUT2D eigenvalue weighted by molar-refractivity contribution is -0.645. The van der Waals surface area contributed by atoms with Crippen molar-refractivity contribution >= 4 is 43.9 Å². The van der Waals surface area contributed by atoms with Crippen LogP contribution in [0.3, 0.4) is 0 Å².